The summed E-state index contributed by atoms with van der Waals surface area (Å²) < 4.78 is 0. The fourth-order valence-corrected chi connectivity index (χ4v) is 1.64. The van der Waals surface area contributed by atoms with Crippen molar-refractivity contribution < 1.29 is 9.59 Å². The SMILES string of the molecule is C/C=C(/C(=O)CCCC)C(=O)c1ccccc1. The normalized spacial score (nSPS) is 11.3. The van der Waals surface area contributed by atoms with E-state index in [1.54, 1.807) is 37.3 Å². The topological polar surface area (TPSA) is 34.1 Å². The molecule has 0 aliphatic rings. The monoisotopic (exact) mass is 230 g/mol. The number of hydrogen-bond donors (Lipinski definition) is 0. The van der Waals surface area contributed by atoms with E-state index in [4.69, 9.17) is 0 Å². The lowest BCUT2D eigenvalue weighted by atomic mass is 9.97. The van der Waals surface area contributed by atoms with Crippen LogP contribution in [0.4, 0.5) is 0 Å². The van der Waals surface area contributed by atoms with Crippen LogP contribution in [0, 0.1) is 0 Å². The first-order valence-corrected chi connectivity index (χ1v) is 6.00. The van der Waals surface area contributed by atoms with Crippen LogP contribution in [0.1, 0.15) is 43.5 Å². The molecule has 0 fully saturated rings. The maximum absolute atomic E-state index is 12.1. The highest BCUT2D eigenvalue weighted by Crippen LogP contribution is 2.12. The van der Waals surface area contributed by atoms with Gasteiger partial charge in [-0.05, 0) is 13.3 Å². The van der Waals surface area contributed by atoms with Crippen LogP contribution in [0.3, 0.4) is 0 Å². The lowest BCUT2D eigenvalue weighted by Crippen LogP contribution is -2.13. The quantitative estimate of drug-likeness (QED) is 0.324. The van der Waals surface area contributed by atoms with Crippen LogP contribution in [0.2, 0.25) is 0 Å². The molecule has 90 valence electrons. The van der Waals surface area contributed by atoms with Gasteiger partial charge in [0.25, 0.3) is 0 Å². The van der Waals surface area contributed by atoms with Gasteiger partial charge in [0.05, 0.1) is 5.57 Å². The summed E-state index contributed by atoms with van der Waals surface area (Å²) in [5.41, 5.74) is 0.884. The predicted octanol–water partition coefficient (Wildman–Crippen LogP) is 3.57. The molecule has 2 nitrogen and oxygen atoms in total. The minimum absolute atomic E-state index is 0.0526. The first-order valence-electron chi connectivity index (χ1n) is 6.00. The Kier molecular flexibility index (Phi) is 5.34. The Hall–Kier alpha value is -1.70. The number of Topliss-reactive ketones (excluding diaryl/α,β-unsaturated/α-hetero) is 2. The average Bonchev–Trinajstić information content (AvgIpc) is 2.38. The van der Waals surface area contributed by atoms with Crippen molar-refractivity contribution in [1.29, 1.82) is 0 Å². The van der Waals surface area contributed by atoms with E-state index >= 15 is 0 Å². The fraction of sp³-hybridized carbons (Fsp3) is 0.333. The Morgan fingerprint density at radius 1 is 1.18 bits per heavy atom. The number of benzene rings is 1. The number of allylic oxidation sites excluding steroid dienone is 2. The predicted molar refractivity (Wildman–Crippen MR) is 69.1 cm³/mol. The maximum Gasteiger partial charge on any atom is 0.196 e. The minimum Gasteiger partial charge on any atom is -0.294 e. The van der Waals surface area contributed by atoms with Crippen molar-refractivity contribution in [1.82, 2.24) is 0 Å². The van der Waals surface area contributed by atoms with Crippen LogP contribution in [0.5, 0.6) is 0 Å². The maximum atomic E-state index is 12.1. The Balaban J connectivity index is 2.83. The standard InChI is InChI=1S/C15H18O2/c1-3-5-11-14(16)13(4-2)15(17)12-9-7-6-8-10-12/h4,6-10H,3,5,11H2,1-2H3/b13-4-. The fourth-order valence-electron chi connectivity index (χ4n) is 1.64. The lowest BCUT2D eigenvalue weighted by Gasteiger charge is -2.04. The molecule has 0 heterocycles. The zero-order valence-electron chi connectivity index (χ0n) is 10.4. The molecule has 0 radical (unpaired) electrons. The molecule has 0 aromatic heterocycles. The zero-order valence-corrected chi connectivity index (χ0v) is 10.4. The van der Waals surface area contributed by atoms with Gasteiger partial charge in [-0.1, -0.05) is 49.8 Å². The van der Waals surface area contributed by atoms with E-state index in [9.17, 15) is 9.59 Å². The van der Waals surface area contributed by atoms with Crippen LogP contribution in [-0.4, -0.2) is 11.6 Å². The van der Waals surface area contributed by atoms with Crippen LogP contribution in [0.15, 0.2) is 42.0 Å². The molecular formula is C15H18O2. The molecule has 0 spiro atoms. The molecule has 0 unspecified atom stereocenters. The van der Waals surface area contributed by atoms with E-state index < -0.39 is 0 Å². The number of unbranched alkanes of at least 4 members (excludes halogenated alkanes) is 1. The molecule has 1 rings (SSSR count). The summed E-state index contributed by atoms with van der Waals surface area (Å²) in [6, 6.07) is 8.93. The van der Waals surface area contributed by atoms with Gasteiger partial charge in [0.2, 0.25) is 0 Å². The van der Waals surface area contributed by atoms with Crippen molar-refractivity contribution in [2.45, 2.75) is 33.1 Å². The summed E-state index contributed by atoms with van der Waals surface area (Å²) >= 11 is 0. The molecule has 0 saturated heterocycles. The summed E-state index contributed by atoms with van der Waals surface area (Å²) in [6.45, 7) is 3.77. The number of carbonyl (C=O) groups is 2. The third-order valence-electron chi connectivity index (χ3n) is 2.63. The van der Waals surface area contributed by atoms with Gasteiger partial charge >= 0.3 is 0 Å². The van der Waals surface area contributed by atoms with E-state index in [0.29, 0.717) is 17.6 Å². The van der Waals surface area contributed by atoms with Gasteiger partial charge in [-0.2, -0.15) is 0 Å². The van der Waals surface area contributed by atoms with Crippen molar-refractivity contribution in [3.63, 3.8) is 0 Å². The molecule has 17 heavy (non-hydrogen) atoms. The van der Waals surface area contributed by atoms with Crippen molar-refractivity contribution in [3.8, 4) is 0 Å². The zero-order chi connectivity index (χ0) is 12.7. The number of hydrogen-bond acceptors (Lipinski definition) is 2. The average molecular weight is 230 g/mol. The van der Waals surface area contributed by atoms with Crippen molar-refractivity contribution in [2.75, 3.05) is 0 Å². The Morgan fingerprint density at radius 3 is 2.35 bits per heavy atom. The van der Waals surface area contributed by atoms with Crippen LogP contribution in [0.25, 0.3) is 0 Å². The van der Waals surface area contributed by atoms with E-state index in [1.165, 1.54) is 0 Å². The van der Waals surface area contributed by atoms with Gasteiger partial charge in [0, 0.05) is 12.0 Å². The number of carbonyl (C=O) groups excluding carboxylic acids is 2. The largest absolute Gasteiger partial charge is 0.294 e. The van der Waals surface area contributed by atoms with E-state index in [2.05, 4.69) is 0 Å². The first-order chi connectivity index (χ1) is 8.20. The highest BCUT2D eigenvalue weighted by Gasteiger charge is 2.17. The van der Waals surface area contributed by atoms with Gasteiger partial charge in [0.15, 0.2) is 11.6 Å². The molecule has 0 saturated carbocycles. The van der Waals surface area contributed by atoms with Gasteiger partial charge in [-0.25, -0.2) is 0 Å². The molecular weight excluding hydrogens is 212 g/mol. The van der Waals surface area contributed by atoms with Crippen LogP contribution < -0.4 is 0 Å². The van der Waals surface area contributed by atoms with Gasteiger partial charge in [-0.15, -0.1) is 0 Å². The molecule has 0 aliphatic carbocycles. The Bertz CT molecular complexity index is 416. The highest BCUT2D eigenvalue weighted by molar-refractivity contribution is 6.26. The molecule has 1 aromatic rings. The summed E-state index contributed by atoms with van der Waals surface area (Å²) in [7, 11) is 0. The van der Waals surface area contributed by atoms with E-state index in [0.717, 1.165) is 12.8 Å². The first kappa shape index (κ1) is 13.4. The molecule has 0 aliphatic heterocycles. The van der Waals surface area contributed by atoms with Crippen molar-refractivity contribution in [3.05, 3.63) is 47.5 Å². The summed E-state index contributed by atoms with van der Waals surface area (Å²) in [5, 5.41) is 0. The van der Waals surface area contributed by atoms with Gasteiger partial charge < -0.3 is 0 Å². The van der Waals surface area contributed by atoms with Crippen molar-refractivity contribution >= 4 is 11.6 Å². The third kappa shape index (κ3) is 3.66. The van der Waals surface area contributed by atoms with Crippen molar-refractivity contribution in [2.24, 2.45) is 0 Å². The molecule has 0 bridgehead atoms. The second-order valence-corrected chi connectivity index (χ2v) is 3.92. The molecule has 0 N–H and O–H groups in total. The highest BCUT2D eigenvalue weighted by atomic mass is 16.1. The summed E-state index contributed by atoms with van der Waals surface area (Å²) in [5.74, 6) is -0.225. The third-order valence-corrected chi connectivity index (χ3v) is 2.63. The second kappa shape index (κ2) is 6.79. The molecule has 1 aromatic carbocycles. The summed E-state index contributed by atoms with van der Waals surface area (Å²) in [6.07, 6.45) is 3.86. The van der Waals surface area contributed by atoms with Gasteiger partial charge in [-0.3, -0.25) is 9.59 Å². The van der Waals surface area contributed by atoms with Crippen LogP contribution in [-0.2, 0) is 4.79 Å². The second-order valence-electron chi connectivity index (χ2n) is 3.92. The smallest absolute Gasteiger partial charge is 0.196 e. The van der Waals surface area contributed by atoms with E-state index in [1.807, 2.05) is 13.0 Å². The molecule has 0 amide bonds. The molecule has 0 atom stereocenters. The van der Waals surface area contributed by atoms with E-state index in [-0.39, 0.29) is 11.6 Å². The summed E-state index contributed by atoms with van der Waals surface area (Å²) in [4.78, 5) is 24.0. The number of rotatable bonds is 6. The van der Waals surface area contributed by atoms with Crippen LogP contribution >= 0.6 is 0 Å². The lowest BCUT2D eigenvalue weighted by molar-refractivity contribution is -0.115. The van der Waals surface area contributed by atoms with Gasteiger partial charge in [0.1, 0.15) is 0 Å². The Labute approximate surface area is 102 Å². The Morgan fingerprint density at radius 2 is 1.82 bits per heavy atom. The number of ketones is 2. The minimum atomic E-state index is -0.172. The molecule has 2 heteroatoms.